The largest absolute Gasteiger partial charge is 0.298 e. The summed E-state index contributed by atoms with van der Waals surface area (Å²) in [6.07, 6.45) is 1.54. The van der Waals surface area contributed by atoms with Crippen LogP contribution in [0, 0.1) is 10.1 Å². The van der Waals surface area contributed by atoms with Crippen molar-refractivity contribution < 1.29 is 9.72 Å². The van der Waals surface area contributed by atoms with Crippen LogP contribution in [0.3, 0.4) is 0 Å². The molecule has 0 atom stereocenters. The van der Waals surface area contributed by atoms with Crippen LogP contribution >= 0.6 is 22.9 Å². The SMILES string of the molecule is O=C(Nc1nccs1)c1cccc([N+](=O)[O-])c1Cl. The first kappa shape index (κ1) is 12.5. The molecule has 0 bridgehead atoms. The first-order valence-corrected chi connectivity index (χ1v) is 5.99. The van der Waals surface area contributed by atoms with Gasteiger partial charge in [0.1, 0.15) is 5.02 Å². The quantitative estimate of drug-likeness (QED) is 0.693. The molecule has 18 heavy (non-hydrogen) atoms. The second-order valence-electron chi connectivity index (χ2n) is 3.19. The van der Waals surface area contributed by atoms with Gasteiger partial charge in [0, 0.05) is 17.6 Å². The third kappa shape index (κ3) is 2.47. The summed E-state index contributed by atoms with van der Waals surface area (Å²) < 4.78 is 0. The highest BCUT2D eigenvalue weighted by atomic mass is 35.5. The molecule has 1 amide bonds. The van der Waals surface area contributed by atoms with Crippen LogP contribution < -0.4 is 5.32 Å². The Bertz CT molecular complexity index is 600. The summed E-state index contributed by atoms with van der Waals surface area (Å²) in [5, 5.41) is 15.1. The number of nitrogens with one attached hydrogen (secondary N) is 1. The lowest BCUT2D eigenvalue weighted by Gasteiger charge is -2.04. The lowest BCUT2D eigenvalue weighted by molar-refractivity contribution is -0.384. The fraction of sp³-hybridized carbons (Fsp3) is 0. The molecule has 2 aromatic rings. The summed E-state index contributed by atoms with van der Waals surface area (Å²) in [4.78, 5) is 25.8. The zero-order valence-corrected chi connectivity index (χ0v) is 10.4. The molecule has 1 aromatic carbocycles. The maximum atomic E-state index is 11.9. The van der Waals surface area contributed by atoms with Crippen molar-refractivity contribution in [1.82, 2.24) is 4.98 Å². The standard InChI is InChI=1S/C10H6ClN3O3S/c11-8-6(2-1-3-7(8)14(16)17)9(15)13-10-12-4-5-18-10/h1-5H,(H,12,13,15). The Balaban J connectivity index is 2.31. The van der Waals surface area contributed by atoms with Crippen LogP contribution in [0.25, 0.3) is 0 Å². The third-order valence-electron chi connectivity index (χ3n) is 2.07. The fourth-order valence-electron chi connectivity index (χ4n) is 1.29. The van der Waals surface area contributed by atoms with E-state index in [1.165, 1.54) is 35.7 Å². The van der Waals surface area contributed by atoms with Gasteiger partial charge in [0.15, 0.2) is 5.13 Å². The average molecular weight is 284 g/mol. The minimum Gasteiger partial charge on any atom is -0.298 e. The maximum absolute atomic E-state index is 11.9. The molecule has 6 nitrogen and oxygen atoms in total. The van der Waals surface area contributed by atoms with Crippen molar-refractivity contribution in [1.29, 1.82) is 0 Å². The second kappa shape index (κ2) is 5.11. The van der Waals surface area contributed by atoms with E-state index in [0.717, 1.165) is 0 Å². The van der Waals surface area contributed by atoms with Crippen LogP contribution in [0.5, 0.6) is 0 Å². The highest BCUT2D eigenvalue weighted by Gasteiger charge is 2.20. The smallest absolute Gasteiger partial charge is 0.288 e. The number of nitro groups is 1. The predicted molar refractivity (Wildman–Crippen MR) is 68.2 cm³/mol. The minimum atomic E-state index is -0.636. The first-order valence-electron chi connectivity index (χ1n) is 4.73. The fourth-order valence-corrected chi connectivity index (χ4v) is 2.09. The molecule has 0 radical (unpaired) electrons. The van der Waals surface area contributed by atoms with Gasteiger partial charge in [-0.25, -0.2) is 4.98 Å². The van der Waals surface area contributed by atoms with Crippen LogP contribution in [0.2, 0.25) is 5.02 Å². The van der Waals surface area contributed by atoms with Crippen LogP contribution in [0.1, 0.15) is 10.4 Å². The number of aromatic nitrogens is 1. The first-order chi connectivity index (χ1) is 8.59. The van der Waals surface area contributed by atoms with Crippen LogP contribution in [-0.2, 0) is 0 Å². The Kier molecular flexibility index (Phi) is 3.54. The van der Waals surface area contributed by atoms with Crippen molar-refractivity contribution in [3.05, 3.63) is 50.5 Å². The summed E-state index contributed by atoms with van der Waals surface area (Å²) in [6.45, 7) is 0. The Morgan fingerprint density at radius 3 is 2.89 bits per heavy atom. The number of halogens is 1. The van der Waals surface area contributed by atoms with Crippen molar-refractivity contribution in [2.24, 2.45) is 0 Å². The van der Waals surface area contributed by atoms with Gasteiger partial charge in [-0.15, -0.1) is 11.3 Å². The number of benzene rings is 1. The highest BCUT2D eigenvalue weighted by Crippen LogP contribution is 2.28. The van der Waals surface area contributed by atoms with E-state index >= 15 is 0 Å². The number of hydrogen-bond acceptors (Lipinski definition) is 5. The van der Waals surface area contributed by atoms with E-state index in [1.807, 2.05) is 0 Å². The van der Waals surface area contributed by atoms with Gasteiger partial charge in [0.25, 0.3) is 11.6 Å². The normalized spacial score (nSPS) is 10.1. The molecule has 0 aliphatic rings. The average Bonchev–Trinajstić information content (AvgIpc) is 2.81. The zero-order valence-electron chi connectivity index (χ0n) is 8.79. The van der Waals surface area contributed by atoms with Gasteiger partial charge < -0.3 is 0 Å². The molecule has 2 rings (SSSR count). The van der Waals surface area contributed by atoms with E-state index in [0.29, 0.717) is 5.13 Å². The molecule has 0 saturated carbocycles. The topological polar surface area (TPSA) is 85.1 Å². The molecule has 0 fully saturated rings. The van der Waals surface area contributed by atoms with Crippen molar-refractivity contribution in [2.75, 3.05) is 5.32 Å². The van der Waals surface area contributed by atoms with Gasteiger partial charge in [-0.05, 0) is 6.07 Å². The number of hydrogen-bond donors (Lipinski definition) is 1. The number of nitro benzene ring substituents is 1. The van der Waals surface area contributed by atoms with Gasteiger partial charge in [0.05, 0.1) is 10.5 Å². The van der Waals surface area contributed by atoms with Crippen molar-refractivity contribution >= 4 is 39.7 Å². The third-order valence-corrected chi connectivity index (χ3v) is 3.16. The van der Waals surface area contributed by atoms with Gasteiger partial charge >= 0.3 is 0 Å². The number of anilines is 1. The molecule has 0 aliphatic heterocycles. The number of carbonyl (C=O) groups excluding carboxylic acids is 1. The number of amides is 1. The highest BCUT2D eigenvalue weighted by molar-refractivity contribution is 7.13. The van der Waals surface area contributed by atoms with E-state index in [-0.39, 0.29) is 16.3 Å². The van der Waals surface area contributed by atoms with Crippen LogP contribution in [0.4, 0.5) is 10.8 Å². The number of rotatable bonds is 3. The number of nitrogens with zero attached hydrogens (tertiary/aromatic N) is 2. The Morgan fingerprint density at radius 1 is 1.50 bits per heavy atom. The molecular weight excluding hydrogens is 278 g/mol. The van der Waals surface area contributed by atoms with Gasteiger partial charge in [0.2, 0.25) is 0 Å². The minimum absolute atomic E-state index is 0.0427. The summed E-state index contributed by atoms with van der Waals surface area (Å²) in [5.74, 6) is -0.529. The Hall–Kier alpha value is -1.99. The molecular formula is C10H6ClN3O3S. The summed E-state index contributed by atoms with van der Waals surface area (Å²) in [7, 11) is 0. The van der Waals surface area contributed by atoms with E-state index in [9.17, 15) is 14.9 Å². The Morgan fingerprint density at radius 2 is 2.28 bits per heavy atom. The molecule has 1 heterocycles. The molecule has 8 heteroatoms. The Labute approximate surface area is 110 Å². The van der Waals surface area contributed by atoms with Crippen LogP contribution in [0.15, 0.2) is 29.8 Å². The molecule has 92 valence electrons. The molecule has 1 N–H and O–H groups in total. The van der Waals surface area contributed by atoms with E-state index in [4.69, 9.17) is 11.6 Å². The zero-order chi connectivity index (χ0) is 13.1. The van der Waals surface area contributed by atoms with E-state index in [1.54, 1.807) is 5.38 Å². The maximum Gasteiger partial charge on any atom is 0.288 e. The predicted octanol–water partition coefficient (Wildman–Crippen LogP) is 2.96. The monoisotopic (exact) mass is 283 g/mol. The molecule has 0 saturated heterocycles. The lowest BCUT2D eigenvalue weighted by Crippen LogP contribution is -2.12. The van der Waals surface area contributed by atoms with E-state index < -0.39 is 10.8 Å². The second-order valence-corrected chi connectivity index (χ2v) is 4.46. The van der Waals surface area contributed by atoms with Crippen LogP contribution in [-0.4, -0.2) is 15.8 Å². The van der Waals surface area contributed by atoms with E-state index in [2.05, 4.69) is 10.3 Å². The summed E-state index contributed by atoms with van der Waals surface area (Å²) in [6, 6.07) is 4.06. The summed E-state index contributed by atoms with van der Waals surface area (Å²) in [5.41, 5.74) is -0.260. The number of thiazole rings is 1. The van der Waals surface area contributed by atoms with Crippen molar-refractivity contribution in [2.45, 2.75) is 0 Å². The van der Waals surface area contributed by atoms with Gasteiger partial charge in [-0.3, -0.25) is 20.2 Å². The lowest BCUT2D eigenvalue weighted by atomic mass is 10.2. The number of carbonyl (C=O) groups is 1. The molecule has 0 unspecified atom stereocenters. The molecule has 1 aromatic heterocycles. The van der Waals surface area contributed by atoms with Gasteiger partial charge in [-0.2, -0.15) is 0 Å². The van der Waals surface area contributed by atoms with Crippen molar-refractivity contribution in [3.63, 3.8) is 0 Å². The summed E-state index contributed by atoms with van der Waals surface area (Å²) >= 11 is 7.06. The molecule has 0 spiro atoms. The molecule has 0 aliphatic carbocycles. The van der Waals surface area contributed by atoms with Gasteiger partial charge in [-0.1, -0.05) is 17.7 Å². The van der Waals surface area contributed by atoms with Crippen molar-refractivity contribution in [3.8, 4) is 0 Å².